The van der Waals surface area contributed by atoms with E-state index < -0.39 is 11.7 Å². The van der Waals surface area contributed by atoms with Crippen molar-refractivity contribution in [1.82, 2.24) is 4.90 Å². The van der Waals surface area contributed by atoms with Gasteiger partial charge in [-0.05, 0) is 77.9 Å². The molecule has 0 saturated carbocycles. The summed E-state index contributed by atoms with van der Waals surface area (Å²) in [7, 11) is 4.18. The first-order chi connectivity index (χ1) is 10.2. The number of hydrogen-bond acceptors (Lipinski definition) is 3. The lowest BCUT2D eigenvalue weighted by molar-refractivity contribution is 0.0636. The Labute approximate surface area is 134 Å². The van der Waals surface area contributed by atoms with Gasteiger partial charge in [-0.1, -0.05) is 19.1 Å². The van der Waals surface area contributed by atoms with Crippen LogP contribution < -0.4 is 5.32 Å². The zero-order valence-corrected chi connectivity index (χ0v) is 14.8. The highest BCUT2D eigenvalue weighted by Gasteiger charge is 2.17. The molecule has 1 aromatic carbocycles. The van der Waals surface area contributed by atoms with Crippen LogP contribution in [0.3, 0.4) is 0 Å². The molecule has 0 aromatic heterocycles. The number of carbonyl (C=O) groups excluding carboxylic acids is 1. The summed E-state index contributed by atoms with van der Waals surface area (Å²) in [6.45, 7) is 8.77. The Morgan fingerprint density at radius 3 is 2.50 bits per heavy atom. The molecule has 0 aliphatic rings. The molecule has 0 heterocycles. The molecule has 0 aliphatic heterocycles. The van der Waals surface area contributed by atoms with Gasteiger partial charge in [0.1, 0.15) is 5.60 Å². The molecule has 124 valence electrons. The number of benzene rings is 1. The van der Waals surface area contributed by atoms with Crippen molar-refractivity contribution < 1.29 is 9.53 Å². The molecule has 4 nitrogen and oxygen atoms in total. The molecule has 0 aliphatic carbocycles. The Morgan fingerprint density at radius 2 is 1.95 bits per heavy atom. The monoisotopic (exact) mass is 306 g/mol. The van der Waals surface area contributed by atoms with Gasteiger partial charge < -0.3 is 9.64 Å². The number of nitrogens with one attached hydrogen (secondary N) is 1. The van der Waals surface area contributed by atoms with Gasteiger partial charge in [0.15, 0.2) is 0 Å². The molecule has 0 fully saturated rings. The third-order valence-corrected chi connectivity index (χ3v) is 3.26. The van der Waals surface area contributed by atoms with Gasteiger partial charge in [0.05, 0.1) is 0 Å². The summed E-state index contributed by atoms with van der Waals surface area (Å²) in [6, 6.07) is 6.25. The quantitative estimate of drug-likeness (QED) is 0.860. The summed E-state index contributed by atoms with van der Waals surface area (Å²) in [5.41, 5.74) is 2.82. The molecule has 22 heavy (non-hydrogen) atoms. The Balaban J connectivity index is 2.70. The summed E-state index contributed by atoms with van der Waals surface area (Å²) < 4.78 is 5.31. The molecule has 0 bridgehead atoms. The van der Waals surface area contributed by atoms with Gasteiger partial charge in [-0.3, -0.25) is 5.32 Å². The molecule has 1 N–H and O–H groups in total. The van der Waals surface area contributed by atoms with Crippen molar-refractivity contribution in [3.63, 3.8) is 0 Å². The smallest absolute Gasteiger partial charge is 0.412 e. The first-order valence-electron chi connectivity index (χ1n) is 7.98. The molecular weight excluding hydrogens is 276 g/mol. The number of amides is 1. The van der Waals surface area contributed by atoms with E-state index in [1.165, 1.54) is 5.56 Å². The normalized spacial score (nSPS) is 11.6. The highest BCUT2D eigenvalue weighted by atomic mass is 16.6. The molecule has 4 heteroatoms. The van der Waals surface area contributed by atoms with Crippen LogP contribution in [-0.2, 0) is 17.6 Å². The minimum Gasteiger partial charge on any atom is -0.444 e. The first kappa shape index (κ1) is 18.5. The number of aryl methyl sites for hydroxylation is 2. The number of nitrogens with zero attached hydrogens (tertiary/aromatic N) is 1. The lowest BCUT2D eigenvalue weighted by Crippen LogP contribution is -2.27. The summed E-state index contributed by atoms with van der Waals surface area (Å²) in [5, 5.41) is 2.85. The van der Waals surface area contributed by atoms with Crippen molar-refractivity contribution in [2.75, 3.05) is 26.0 Å². The average Bonchev–Trinajstić information content (AvgIpc) is 2.37. The Morgan fingerprint density at radius 1 is 1.27 bits per heavy atom. The van der Waals surface area contributed by atoms with Gasteiger partial charge in [0.2, 0.25) is 0 Å². The molecule has 0 unspecified atom stereocenters. The van der Waals surface area contributed by atoms with Gasteiger partial charge in [-0.25, -0.2) is 4.79 Å². The predicted molar refractivity (Wildman–Crippen MR) is 92.6 cm³/mol. The van der Waals surface area contributed by atoms with E-state index in [0.717, 1.165) is 37.1 Å². The van der Waals surface area contributed by atoms with Crippen LogP contribution in [0.4, 0.5) is 10.5 Å². The third kappa shape index (κ3) is 6.94. The summed E-state index contributed by atoms with van der Waals surface area (Å²) in [4.78, 5) is 14.1. The maximum absolute atomic E-state index is 11.9. The van der Waals surface area contributed by atoms with E-state index in [2.05, 4.69) is 43.4 Å². The fraction of sp³-hybridized carbons (Fsp3) is 0.611. The van der Waals surface area contributed by atoms with E-state index >= 15 is 0 Å². The van der Waals surface area contributed by atoms with E-state index in [4.69, 9.17) is 4.74 Å². The lowest BCUT2D eigenvalue weighted by atomic mass is 10.0. The fourth-order valence-electron chi connectivity index (χ4n) is 2.23. The summed E-state index contributed by atoms with van der Waals surface area (Å²) in [6.07, 6.45) is 2.67. The Hall–Kier alpha value is -1.55. The maximum atomic E-state index is 11.9. The SMILES string of the molecule is CCc1cc(CCCN(C)C)ccc1NC(=O)OC(C)(C)C. The summed E-state index contributed by atoms with van der Waals surface area (Å²) in [5.74, 6) is 0. The van der Waals surface area contributed by atoms with Crippen molar-refractivity contribution in [3.05, 3.63) is 29.3 Å². The molecule has 1 aromatic rings. The topological polar surface area (TPSA) is 41.6 Å². The Kier molecular flexibility index (Phi) is 6.88. The predicted octanol–water partition coefficient (Wildman–Crippen LogP) is 4.09. The molecule has 1 rings (SSSR count). The van der Waals surface area contributed by atoms with E-state index in [-0.39, 0.29) is 0 Å². The fourth-order valence-corrected chi connectivity index (χ4v) is 2.23. The van der Waals surface area contributed by atoms with E-state index in [0.29, 0.717) is 0 Å². The third-order valence-electron chi connectivity index (χ3n) is 3.26. The largest absolute Gasteiger partial charge is 0.444 e. The average molecular weight is 306 g/mol. The van der Waals surface area contributed by atoms with Crippen molar-refractivity contribution >= 4 is 11.8 Å². The minimum absolute atomic E-state index is 0.400. The van der Waals surface area contributed by atoms with Crippen LogP contribution in [0.15, 0.2) is 18.2 Å². The summed E-state index contributed by atoms with van der Waals surface area (Å²) >= 11 is 0. The molecule has 1 amide bonds. The standard InChI is InChI=1S/C18H30N2O2/c1-7-15-13-14(9-8-12-20(5)6)10-11-16(15)19-17(21)22-18(2,3)4/h10-11,13H,7-9,12H2,1-6H3,(H,19,21). The second kappa shape index (κ2) is 8.18. The Bertz CT molecular complexity index is 490. The van der Waals surface area contributed by atoms with Crippen LogP contribution >= 0.6 is 0 Å². The van der Waals surface area contributed by atoms with Gasteiger partial charge >= 0.3 is 6.09 Å². The number of ether oxygens (including phenoxy) is 1. The molecule has 0 saturated heterocycles. The molecule has 0 spiro atoms. The second-order valence-corrected chi connectivity index (χ2v) is 6.88. The number of carbonyl (C=O) groups is 1. The van der Waals surface area contributed by atoms with Crippen LogP contribution in [0.5, 0.6) is 0 Å². The van der Waals surface area contributed by atoms with Crippen LogP contribution in [0, 0.1) is 0 Å². The number of rotatable bonds is 6. The molecular formula is C18H30N2O2. The van der Waals surface area contributed by atoms with Crippen molar-refractivity contribution in [2.45, 2.75) is 52.6 Å². The van der Waals surface area contributed by atoms with Gasteiger partial charge in [0.25, 0.3) is 0 Å². The molecule has 0 radical (unpaired) electrons. The van der Waals surface area contributed by atoms with E-state index in [1.54, 1.807) is 0 Å². The van der Waals surface area contributed by atoms with Crippen LogP contribution in [-0.4, -0.2) is 37.2 Å². The zero-order valence-electron chi connectivity index (χ0n) is 14.8. The molecule has 0 atom stereocenters. The van der Waals surface area contributed by atoms with Gasteiger partial charge in [0, 0.05) is 5.69 Å². The van der Waals surface area contributed by atoms with Gasteiger partial charge in [-0.15, -0.1) is 0 Å². The number of anilines is 1. The highest BCUT2D eigenvalue weighted by Crippen LogP contribution is 2.20. The van der Waals surface area contributed by atoms with Crippen molar-refractivity contribution in [1.29, 1.82) is 0 Å². The van der Waals surface area contributed by atoms with Crippen LogP contribution in [0.25, 0.3) is 0 Å². The van der Waals surface area contributed by atoms with Crippen molar-refractivity contribution in [3.8, 4) is 0 Å². The zero-order chi connectivity index (χ0) is 16.8. The van der Waals surface area contributed by atoms with Crippen molar-refractivity contribution in [2.24, 2.45) is 0 Å². The van der Waals surface area contributed by atoms with E-state index in [1.807, 2.05) is 26.8 Å². The highest BCUT2D eigenvalue weighted by molar-refractivity contribution is 5.86. The van der Waals surface area contributed by atoms with Crippen LogP contribution in [0.1, 0.15) is 45.2 Å². The number of hydrogen-bond donors (Lipinski definition) is 1. The van der Waals surface area contributed by atoms with Gasteiger partial charge in [-0.2, -0.15) is 0 Å². The first-order valence-corrected chi connectivity index (χ1v) is 7.98. The second-order valence-electron chi connectivity index (χ2n) is 6.88. The minimum atomic E-state index is -0.484. The van der Waals surface area contributed by atoms with E-state index in [9.17, 15) is 4.79 Å². The van der Waals surface area contributed by atoms with Crippen LogP contribution in [0.2, 0.25) is 0 Å². The lowest BCUT2D eigenvalue weighted by Gasteiger charge is -2.20. The maximum Gasteiger partial charge on any atom is 0.412 e.